The Labute approximate surface area is 293 Å². The van der Waals surface area contributed by atoms with Gasteiger partial charge in [0.2, 0.25) is 6.10 Å². The van der Waals surface area contributed by atoms with Gasteiger partial charge in [-0.15, -0.1) is 0 Å². The molecule has 2 aliphatic carbocycles. The van der Waals surface area contributed by atoms with Crippen molar-refractivity contribution in [1.29, 1.82) is 0 Å². The maximum Gasteiger partial charge on any atom is 0.338 e. The van der Waals surface area contributed by atoms with Crippen LogP contribution in [-0.4, -0.2) is 76.9 Å². The molecule has 1 N–H and O–H groups in total. The molecule has 3 rings (SSSR count). The van der Waals surface area contributed by atoms with Gasteiger partial charge in [0, 0.05) is 37.7 Å². The molecule has 0 aromatic heterocycles. The molecule has 1 aromatic rings. The van der Waals surface area contributed by atoms with E-state index in [1.807, 2.05) is 0 Å². The number of hydrogen-bond donors (Lipinski definition) is 1. The molecule has 0 aliphatic heterocycles. The van der Waals surface area contributed by atoms with Crippen molar-refractivity contribution in [1.82, 2.24) is 0 Å². The first kappa shape index (κ1) is 40.1. The molecule has 0 amide bonds. The van der Waals surface area contributed by atoms with Crippen LogP contribution in [-0.2, 0) is 47.7 Å². The highest BCUT2D eigenvalue weighted by Crippen LogP contribution is 2.51. The Morgan fingerprint density at radius 3 is 1.98 bits per heavy atom. The summed E-state index contributed by atoms with van der Waals surface area (Å²) >= 11 is 0. The number of ether oxygens (including phenoxy) is 5. The summed E-state index contributed by atoms with van der Waals surface area (Å²) in [5.74, 6) is -8.01. The molecule has 1 aromatic carbocycles. The van der Waals surface area contributed by atoms with Gasteiger partial charge < -0.3 is 28.8 Å². The number of aliphatic hydroxyl groups is 1. The number of fused-ring (bicyclic) bond motifs is 1. The largest absolute Gasteiger partial charge is 0.462 e. The zero-order valence-corrected chi connectivity index (χ0v) is 30.3. The summed E-state index contributed by atoms with van der Waals surface area (Å²) in [6.45, 7) is 17.4. The molecule has 0 radical (unpaired) electrons. The van der Waals surface area contributed by atoms with Crippen LogP contribution in [0, 0.1) is 29.1 Å². The highest BCUT2D eigenvalue weighted by molar-refractivity contribution is 5.93. The van der Waals surface area contributed by atoms with E-state index < -0.39 is 101 Å². The lowest BCUT2D eigenvalue weighted by molar-refractivity contribution is -0.185. The third-order valence-electron chi connectivity index (χ3n) is 9.54. The van der Waals surface area contributed by atoms with Gasteiger partial charge in [0.1, 0.15) is 23.9 Å². The molecule has 0 saturated heterocycles. The molecule has 50 heavy (non-hydrogen) atoms. The molecule has 1 unspecified atom stereocenters. The topological polar surface area (TPSA) is 169 Å². The van der Waals surface area contributed by atoms with Crippen LogP contribution in [0.1, 0.15) is 85.5 Å². The van der Waals surface area contributed by atoms with E-state index in [1.54, 1.807) is 84.0 Å². The number of rotatable bonds is 8. The zero-order valence-electron chi connectivity index (χ0n) is 30.3. The lowest BCUT2D eigenvalue weighted by Crippen LogP contribution is -2.59. The van der Waals surface area contributed by atoms with Gasteiger partial charge in [0.25, 0.3) is 0 Å². The number of carbonyl (C=O) groups excluding carboxylic acids is 6. The number of Topliss-reactive ketones (excluding diaryl/α,β-unsaturated/α-hetero) is 1. The maximum absolute atomic E-state index is 14.4. The zero-order chi connectivity index (χ0) is 37.7. The Hall–Kier alpha value is -4.32. The second-order valence-electron chi connectivity index (χ2n) is 14.1. The molecule has 12 heteroatoms. The van der Waals surface area contributed by atoms with Crippen molar-refractivity contribution in [2.45, 2.75) is 111 Å². The molecule has 2 aliphatic rings. The number of carbonyl (C=O) groups is 6. The van der Waals surface area contributed by atoms with Crippen LogP contribution in [0.25, 0.3) is 0 Å². The van der Waals surface area contributed by atoms with Crippen LogP contribution >= 0.6 is 0 Å². The molecule has 0 bridgehead atoms. The number of benzene rings is 1. The Morgan fingerprint density at radius 1 is 0.880 bits per heavy atom. The third-order valence-corrected chi connectivity index (χ3v) is 9.54. The van der Waals surface area contributed by atoms with Crippen LogP contribution in [0.5, 0.6) is 0 Å². The van der Waals surface area contributed by atoms with Gasteiger partial charge in [0.05, 0.1) is 17.4 Å². The molecule has 10 atom stereocenters. The molecule has 1 fully saturated rings. The van der Waals surface area contributed by atoms with Crippen molar-refractivity contribution in [2.24, 2.45) is 29.1 Å². The van der Waals surface area contributed by atoms with Gasteiger partial charge in [-0.05, 0) is 44.7 Å². The van der Waals surface area contributed by atoms with Crippen LogP contribution in [0.4, 0.5) is 0 Å². The minimum atomic E-state index is -2.08. The van der Waals surface area contributed by atoms with Gasteiger partial charge in [0.15, 0.2) is 11.9 Å². The fourth-order valence-electron chi connectivity index (χ4n) is 6.78. The minimum absolute atomic E-state index is 0.0986. The molecule has 0 spiro atoms. The van der Waals surface area contributed by atoms with Crippen molar-refractivity contribution >= 4 is 35.6 Å². The lowest BCUT2D eigenvalue weighted by atomic mass is 9.72. The van der Waals surface area contributed by atoms with E-state index in [9.17, 15) is 33.9 Å². The summed E-state index contributed by atoms with van der Waals surface area (Å²) in [6.07, 6.45) is -4.20. The molecule has 1 saturated carbocycles. The number of hydrogen-bond acceptors (Lipinski definition) is 12. The molecular weight excluding hydrogens is 648 g/mol. The normalized spacial score (nSPS) is 32.2. The fraction of sp³-hybridized carbons (Fsp3) is 0.579. The average Bonchev–Trinajstić information content (AvgIpc) is 3.29. The summed E-state index contributed by atoms with van der Waals surface area (Å²) in [5.41, 5.74) is -3.47. The predicted octanol–water partition coefficient (Wildman–Crippen LogP) is 4.71. The summed E-state index contributed by atoms with van der Waals surface area (Å²) in [6, 6.07) is 8.14. The maximum atomic E-state index is 14.4. The summed E-state index contributed by atoms with van der Waals surface area (Å²) in [4.78, 5) is 79.2. The van der Waals surface area contributed by atoms with Crippen molar-refractivity contribution in [3.63, 3.8) is 0 Å². The van der Waals surface area contributed by atoms with E-state index in [0.29, 0.717) is 6.42 Å². The van der Waals surface area contributed by atoms with Crippen molar-refractivity contribution in [2.75, 3.05) is 0 Å². The predicted molar refractivity (Wildman–Crippen MR) is 180 cm³/mol. The Bertz CT molecular complexity index is 1500. The van der Waals surface area contributed by atoms with Crippen molar-refractivity contribution < 1.29 is 57.6 Å². The van der Waals surface area contributed by atoms with Gasteiger partial charge in [-0.1, -0.05) is 64.6 Å². The highest BCUT2D eigenvalue weighted by atomic mass is 16.6. The Morgan fingerprint density at radius 2 is 1.44 bits per heavy atom. The third kappa shape index (κ3) is 8.88. The van der Waals surface area contributed by atoms with E-state index in [1.165, 1.54) is 6.92 Å². The Kier molecular flexibility index (Phi) is 12.9. The quantitative estimate of drug-likeness (QED) is 0.226. The van der Waals surface area contributed by atoms with Crippen LogP contribution < -0.4 is 0 Å². The minimum Gasteiger partial charge on any atom is -0.462 e. The first-order valence-electron chi connectivity index (χ1n) is 16.9. The van der Waals surface area contributed by atoms with Gasteiger partial charge in [-0.3, -0.25) is 24.0 Å². The van der Waals surface area contributed by atoms with Crippen LogP contribution in [0.3, 0.4) is 0 Å². The first-order valence-corrected chi connectivity index (χ1v) is 16.9. The number of esters is 5. The Balaban J connectivity index is 2.42. The lowest BCUT2D eigenvalue weighted by Gasteiger charge is -2.45. The number of ketones is 1. The van der Waals surface area contributed by atoms with Crippen molar-refractivity contribution in [3.8, 4) is 0 Å². The van der Waals surface area contributed by atoms with E-state index in [4.69, 9.17) is 23.7 Å². The van der Waals surface area contributed by atoms with E-state index in [-0.39, 0.29) is 17.6 Å². The average molecular weight is 699 g/mol. The molecule has 274 valence electrons. The van der Waals surface area contributed by atoms with Gasteiger partial charge in [-0.25, -0.2) is 4.79 Å². The highest BCUT2D eigenvalue weighted by Gasteiger charge is 2.64. The van der Waals surface area contributed by atoms with Gasteiger partial charge in [-0.2, -0.15) is 0 Å². The van der Waals surface area contributed by atoms with Crippen molar-refractivity contribution in [3.05, 3.63) is 60.2 Å². The second kappa shape index (κ2) is 16.1. The second-order valence-corrected chi connectivity index (χ2v) is 14.1. The molecule has 12 nitrogen and oxygen atoms in total. The smallest absolute Gasteiger partial charge is 0.338 e. The van der Waals surface area contributed by atoms with Gasteiger partial charge >= 0.3 is 29.8 Å². The van der Waals surface area contributed by atoms with E-state index >= 15 is 0 Å². The van der Waals surface area contributed by atoms with E-state index in [0.717, 1.165) is 13.8 Å². The van der Waals surface area contributed by atoms with Crippen LogP contribution in [0.2, 0.25) is 0 Å². The summed E-state index contributed by atoms with van der Waals surface area (Å²) in [7, 11) is 0. The monoisotopic (exact) mass is 698 g/mol. The first-order chi connectivity index (χ1) is 23.2. The standard InChI is InChI=1S/C38H50O12/c1-11-20(2)35(43)49-31-23(5)30(47-25(7)40)28-29(46-24(6)39)22(4)19-38(28,45)34(50-36(44)27-15-13-12-14-16-27)21(3)17-18-37(9,10)33(42)32(31)48-26(8)41/h12-18,20-22,28-32,34,45H,5,11,19H2,1-4,6-10H3/b18-17-/t20?,21-,22-,28+,29-,30-,31+,32+,34-,38+/m0/s1. The molecular formula is C38H50O12. The molecule has 0 heterocycles. The SMILES string of the molecule is C=C1[C@@H](OC(=O)C(C)CC)[C@@H](OC(C)=O)C(=O)C(C)(C)/C=C\[C@H](C)[C@H](OC(=O)c2ccccc2)[C@@]2(O)C[C@H](C)[C@H](OC(C)=O)[C@@H]2[C@H]1OC(C)=O. The fourth-order valence-corrected chi connectivity index (χ4v) is 6.78. The number of allylic oxidation sites excluding steroid dienone is 1. The summed E-state index contributed by atoms with van der Waals surface area (Å²) in [5, 5.41) is 13.0. The van der Waals surface area contributed by atoms with E-state index in [2.05, 4.69) is 6.58 Å². The summed E-state index contributed by atoms with van der Waals surface area (Å²) < 4.78 is 29.3. The van der Waals surface area contributed by atoms with Crippen LogP contribution in [0.15, 0.2) is 54.6 Å².